The molecule has 2 aliphatic rings. The highest BCUT2D eigenvalue weighted by molar-refractivity contribution is 5.60. The van der Waals surface area contributed by atoms with Crippen LogP contribution in [0.3, 0.4) is 0 Å². The Morgan fingerprint density at radius 1 is 1.33 bits per heavy atom. The number of ether oxygens (including phenoxy) is 3. The fourth-order valence-corrected chi connectivity index (χ4v) is 2.42. The first kappa shape index (κ1) is 13.7. The van der Waals surface area contributed by atoms with Gasteiger partial charge in [0, 0.05) is 6.42 Å². The standard InChI is InChI=1S/C14H24O4/c1-2-16-13(15)18-14(11-17-14)10-5-3-4-7-12-8-6-9-12/h12H,2-11H2,1H3. The molecule has 0 spiro atoms. The molecule has 18 heavy (non-hydrogen) atoms. The minimum absolute atomic E-state index is 0.344. The maximum absolute atomic E-state index is 11.2. The van der Waals surface area contributed by atoms with Gasteiger partial charge in [0.15, 0.2) is 0 Å². The summed E-state index contributed by atoms with van der Waals surface area (Å²) in [6.45, 7) is 2.63. The largest absolute Gasteiger partial charge is 0.510 e. The van der Waals surface area contributed by atoms with E-state index in [1.807, 2.05) is 0 Å². The zero-order valence-electron chi connectivity index (χ0n) is 11.3. The molecule has 0 amide bonds. The molecule has 0 aromatic carbocycles. The lowest BCUT2D eigenvalue weighted by Crippen LogP contribution is -2.22. The molecule has 2 rings (SSSR count). The maximum Gasteiger partial charge on any atom is 0.510 e. The normalized spacial score (nSPS) is 26.5. The maximum atomic E-state index is 11.2. The molecule has 1 aliphatic carbocycles. The van der Waals surface area contributed by atoms with Crippen LogP contribution < -0.4 is 0 Å². The van der Waals surface area contributed by atoms with Crippen LogP contribution in [-0.2, 0) is 14.2 Å². The summed E-state index contributed by atoms with van der Waals surface area (Å²) in [5.41, 5.74) is 0. The van der Waals surface area contributed by atoms with E-state index < -0.39 is 11.9 Å². The Hall–Kier alpha value is -0.770. The molecule has 4 heteroatoms. The topological polar surface area (TPSA) is 48.1 Å². The Bertz CT molecular complexity index is 269. The first-order valence-corrected chi connectivity index (χ1v) is 7.24. The van der Waals surface area contributed by atoms with Gasteiger partial charge in [-0.15, -0.1) is 0 Å². The molecule has 0 aromatic rings. The van der Waals surface area contributed by atoms with Crippen molar-refractivity contribution in [2.75, 3.05) is 13.2 Å². The van der Waals surface area contributed by atoms with Gasteiger partial charge in [0.25, 0.3) is 0 Å². The van der Waals surface area contributed by atoms with Gasteiger partial charge >= 0.3 is 6.16 Å². The quantitative estimate of drug-likeness (QED) is 0.378. The highest BCUT2D eigenvalue weighted by atomic mass is 16.8. The monoisotopic (exact) mass is 256 g/mol. The van der Waals surface area contributed by atoms with Crippen molar-refractivity contribution in [2.45, 2.75) is 64.1 Å². The molecule has 1 atom stereocenters. The minimum Gasteiger partial charge on any atom is -0.435 e. The van der Waals surface area contributed by atoms with Crippen molar-refractivity contribution in [1.82, 2.24) is 0 Å². The number of carbonyl (C=O) groups is 1. The van der Waals surface area contributed by atoms with Crippen molar-refractivity contribution in [3.05, 3.63) is 0 Å². The van der Waals surface area contributed by atoms with Crippen LogP contribution in [0.2, 0.25) is 0 Å². The first-order chi connectivity index (χ1) is 8.74. The summed E-state index contributed by atoms with van der Waals surface area (Å²) in [5, 5.41) is 0. The van der Waals surface area contributed by atoms with Crippen molar-refractivity contribution in [2.24, 2.45) is 5.92 Å². The van der Waals surface area contributed by atoms with Crippen molar-refractivity contribution in [3.8, 4) is 0 Å². The summed E-state index contributed by atoms with van der Waals surface area (Å²) >= 11 is 0. The van der Waals surface area contributed by atoms with E-state index >= 15 is 0 Å². The van der Waals surface area contributed by atoms with Crippen molar-refractivity contribution in [3.63, 3.8) is 0 Å². The molecule has 0 bridgehead atoms. The molecule has 1 heterocycles. The Balaban J connectivity index is 1.51. The number of unbranched alkanes of at least 4 members (excludes halogenated alkanes) is 2. The third-order valence-corrected chi connectivity index (χ3v) is 3.89. The van der Waals surface area contributed by atoms with E-state index in [1.54, 1.807) is 6.92 Å². The van der Waals surface area contributed by atoms with Gasteiger partial charge in [-0.3, -0.25) is 0 Å². The van der Waals surface area contributed by atoms with Crippen LogP contribution in [0.4, 0.5) is 4.79 Å². The van der Waals surface area contributed by atoms with E-state index in [-0.39, 0.29) is 0 Å². The lowest BCUT2D eigenvalue weighted by molar-refractivity contribution is -0.0381. The van der Waals surface area contributed by atoms with Gasteiger partial charge in [0.2, 0.25) is 5.79 Å². The second-order valence-corrected chi connectivity index (χ2v) is 5.38. The van der Waals surface area contributed by atoms with Gasteiger partial charge in [-0.05, 0) is 19.3 Å². The van der Waals surface area contributed by atoms with Gasteiger partial charge < -0.3 is 14.2 Å². The fraction of sp³-hybridized carbons (Fsp3) is 0.929. The number of hydrogen-bond acceptors (Lipinski definition) is 4. The molecule has 104 valence electrons. The van der Waals surface area contributed by atoms with E-state index in [0.29, 0.717) is 13.2 Å². The smallest absolute Gasteiger partial charge is 0.435 e. The van der Waals surface area contributed by atoms with Crippen LogP contribution in [0.1, 0.15) is 58.3 Å². The predicted molar refractivity (Wildman–Crippen MR) is 67.2 cm³/mol. The summed E-state index contributed by atoms with van der Waals surface area (Å²) in [6.07, 6.45) is 9.40. The van der Waals surface area contributed by atoms with E-state index in [0.717, 1.165) is 18.8 Å². The Morgan fingerprint density at radius 3 is 2.67 bits per heavy atom. The van der Waals surface area contributed by atoms with Crippen LogP contribution in [0, 0.1) is 5.92 Å². The average Bonchev–Trinajstić information content (AvgIpc) is 3.01. The summed E-state index contributed by atoms with van der Waals surface area (Å²) in [4.78, 5) is 11.2. The van der Waals surface area contributed by atoms with E-state index in [1.165, 1.54) is 38.5 Å². The van der Waals surface area contributed by atoms with Crippen LogP contribution >= 0.6 is 0 Å². The Labute approximate surface area is 109 Å². The zero-order chi connectivity index (χ0) is 12.8. The fourth-order valence-electron chi connectivity index (χ4n) is 2.42. The van der Waals surface area contributed by atoms with E-state index in [2.05, 4.69) is 0 Å². The SMILES string of the molecule is CCOC(=O)OC1(CCCCCC2CCC2)CO1. The summed E-state index contributed by atoms with van der Waals surface area (Å²) in [7, 11) is 0. The molecule has 1 aliphatic heterocycles. The molecule has 0 radical (unpaired) electrons. The van der Waals surface area contributed by atoms with Gasteiger partial charge in [0.05, 0.1) is 6.61 Å². The molecular weight excluding hydrogens is 232 g/mol. The lowest BCUT2D eigenvalue weighted by atomic mass is 9.81. The Morgan fingerprint density at radius 2 is 2.11 bits per heavy atom. The minimum atomic E-state index is -0.650. The van der Waals surface area contributed by atoms with Crippen molar-refractivity contribution in [1.29, 1.82) is 0 Å². The first-order valence-electron chi connectivity index (χ1n) is 7.24. The van der Waals surface area contributed by atoms with Crippen molar-refractivity contribution < 1.29 is 19.0 Å². The van der Waals surface area contributed by atoms with Crippen LogP contribution in [-0.4, -0.2) is 25.2 Å². The molecule has 0 aromatic heterocycles. The van der Waals surface area contributed by atoms with E-state index in [4.69, 9.17) is 14.2 Å². The second kappa shape index (κ2) is 6.41. The molecule has 0 N–H and O–H groups in total. The van der Waals surface area contributed by atoms with Crippen LogP contribution in [0.5, 0.6) is 0 Å². The Kier molecular flexibility index (Phi) is 4.87. The van der Waals surface area contributed by atoms with Gasteiger partial charge in [-0.2, -0.15) is 0 Å². The molecule has 1 unspecified atom stereocenters. The number of carbonyl (C=O) groups excluding carboxylic acids is 1. The number of hydrogen-bond donors (Lipinski definition) is 0. The van der Waals surface area contributed by atoms with Gasteiger partial charge in [-0.1, -0.05) is 38.5 Å². The zero-order valence-corrected chi connectivity index (χ0v) is 11.3. The van der Waals surface area contributed by atoms with E-state index in [9.17, 15) is 4.79 Å². The molecule has 4 nitrogen and oxygen atoms in total. The molecule has 1 saturated carbocycles. The highest BCUT2D eigenvalue weighted by Crippen LogP contribution is 2.35. The van der Waals surface area contributed by atoms with Crippen LogP contribution in [0.15, 0.2) is 0 Å². The van der Waals surface area contributed by atoms with Crippen LogP contribution in [0.25, 0.3) is 0 Å². The predicted octanol–water partition coefficient (Wildman–Crippen LogP) is 3.64. The molecular formula is C14H24O4. The average molecular weight is 256 g/mol. The molecule has 2 fully saturated rings. The third-order valence-electron chi connectivity index (χ3n) is 3.89. The summed E-state index contributed by atoms with van der Waals surface area (Å²) in [6, 6.07) is 0. The number of rotatable bonds is 8. The lowest BCUT2D eigenvalue weighted by Gasteiger charge is -2.25. The van der Waals surface area contributed by atoms with Gasteiger partial charge in [-0.25, -0.2) is 4.79 Å². The van der Waals surface area contributed by atoms with Gasteiger partial charge in [0.1, 0.15) is 6.61 Å². The highest BCUT2D eigenvalue weighted by Gasteiger charge is 2.49. The summed E-state index contributed by atoms with van der Waals surface area (Å²) in [5.74, 6) is 0.342. The number of epoxide rings is 1. The molecule has 1 saturated heterocycles. The second-order valence-electron chi connectivity index (χ2n) is 5.38. The third kappa shape index (κ3) is 4.16. The van der Waals surface area contributed by atoms with Crippen molar-refractivity contribution >= 4 is 6.16 Å². The summed E-state index contributed by atoms with van der Waals surface area (Å²) < 4.78 is 15.2.